The lowest BCUT2D eigenvalue weighted by molar-refractivity contribution is -0.149. The third kappa shape index (κ3) is 11.3. The molecular weight excluding hydrogens is 196 g/mol. The molecule has 0 unspecified atom stereocenters. The molecule has 0 spiro atoms. The fourth-order valence-corrected chi connectivity index (χ4v) is 1.02. The van der Waals surface area contributed by atoms with Crippen LogP contribution in [0.2, 0.25) is 0 Å². The molecular formula is C11H22O4. The predicted molar refractivity (Wildman–Crippen MR) is 57.6 cm³/mol. The lowest BCUT2D eigenvalue weighted by Crippen LogP contribution is -2.13. The molecule has 0 aromatic carbocycles. The van der Waals surface area contributed by atoms with Gasteiger partial charge in [-0.15, -0.1) is 0 Å². The third-order valence-corrected chi connectivity index (χ3v) is 1.93. The van der Waals surface area contributed by atoms with Crippen molar-refractivity contribution in [2.75, 3.05) is 26.4 Å². The van der Waals surface area contributed by atoms with Crippen molar-refractivity contribution in [2.24, 2.45) is 0 Å². The molecule has 0 aliphatic rings. The first kappa shape index (κ1) is 14.4. The maximum Gasteiger partial charge on any atom is 0.332 e. The number of carbonyl (C=O) groups is 1. The molecule has 4 nitrogen and oxygen atoms in total. The van der Waals surface area contributed by atoms with Crippen molar-refractivity contribution in [3.8, 4) is 0 Å². The fraction of sp³-hybridized carbons (Fsp3) is 0.909. The molecule has 90 valence electrons. The van der Waals surface area contributed by atoms with Crippen LogP contribution in [0.15, 0.2) is 0 Å². The van der Waals surface area contributed by atoms with Crippen LogP contribution in [0, 0.1) is 0 Å². The highest BCUT2D eigenvalue weighted by molar-refractivity contribution is 5.70. The van der Waals surface area contributed by atoms with Crippen LogP contribution in [0.25, 0.3) is 0 Å². The molecule has 0 heterocycles. The van der Waals surface area contributed by atoms with Gasteiger partial charge < -0.3 is 14.6 Å². The molecule has 0 saturated carbocycles. The molecule has 0 saturated heterocycles. The summed E-state index contributed by atoms with van der Waals surface area (Å²) in [5.74, 6) is -0.286. The topological polar surface area (TPSA) is 55.8 Å². The zero-order valence-corrected chi connectivity index (χ0v) is 9.54. The van der Waals surface area contributed by atoms with E-state index in [2.05, 4.69) is 0 Å². The molecule has 0 aliphatic heterocycles. The quantitative estimate of drug-likeness (QED) is 0.446. The van der Waals surface area contributed by atoms with Crippen LogP contribution < -0.4 is 0 Å². The van der Waals surface area contributed by atoms with Gasteiger partial charge in [0.2, 0.25) is 0 Å². The van der Waals surface area contributed by atoms with E-state index in [9.17, 15) is 4.79 Å². The van der Waals surface area contributed by atoms with Crippen LogP contribution in [0.3, 0.4) is 0 Å². The van der Waals surface area contributed by atoms with Crippen molar-refractivity contribution in [3.05, 3.63) is 0 Å². The van der Waals surface area contributed by atoms with Crippen molar-refractivity contribution in [2.45, 2.75) is 39.0 Å². The van der Waals surface area contributed by atoms with Crippen LogP contribution in [-0.2, 0) is 14.3 Å². The first-order chi connectivity index (χ1) is 7.31. The van der Waals surface area contributed by atoms with Gasteiger partial charge >= 0.3 is 5.97 Å². The van der Waals surface area contributed by atoms with Gasteiger partial charge in [-0.1, -0.05) is 13.3 Å². The molecule has 0 rings (SSSR count). The molecule has 0 amide bonds. The summed E-state index contributed by atoms with van der Waals surface area (Å²) >= 11 is 0. The smallest absolute Gasteiger partial charge is 0.332 e. The number of esters is 1. The molecule has 0 bridgehead atoms. The first-order valence-electron chi connectivity index (χ1n) is 5.65. The van der Waals surface area contributed by atoms with Crippen LogP contribution in [0.4, 0.5) is 0 Å². The molecule has 0 aromatic rings. The second kappa shape index (κ2) is 11.5. The number of ether oxygens (including phenoxy) is 2. The normalized spacial score (nSPS) is 10.3. The highest BCUT2D eigenvalue weighted by Gasteiger charge is 2.01. The minimum atomic E-state index is -0.286. The highest BCUT2D eigenvalue weighted by Crippen LogP contribution is 1.95. The number of hydrogen-bond acceptors (Lipinski definition) is 4. The van der Waals surface area contributed by atoms with Gasteiger partial charge in [-0.05, 0) is 25.7 Å². The maximum atomic E-state index is 11.0. The summed E-state index contributed by atoms with van der Waals surface area (Å²) in [5, 5.41) is 8.52. The molecule has 4 heteroatoms. The predicted octanol–water partition coefficient (Wildman–Crippen LogP) is 1.51. The number of hydrogen-bond donors (Lipinski definition) is 1. The van der Waals surface area contributed by atoms with Crippen LogP contribution in [-0.4, -0.2) is 37.5 Å². The molecule has 0 atom stereocenters. The number of rotatable bonds is 10. The lowest BCUT2D eigenvalue weighted by Gasteiger charge is -2.04. The summed E-state index contributed by atoms with van der Waals surface area (Å²) in [6.07, 6.45) is 4.53. The molecule has 15 heavy (non-hydrogen) atoms. The summed E-state index contributed by atoms with van der Waals surface area (Å²) in [4.78, 5) is 11.0. The highest BCUT2D eigenvalue weighted by atomic mass is 16.6. The van der Waals surface area contributed by atoms with E-state index < -0.39 is 0 Å². The Balaban J connectivity index is 3.10. The second-order valence-corrected chi connectivity index (χ2v) is 3.41. The standard InChI is InChI=1S/C11H22O4/c1-2-3-9-15-11(13)10-14-8-6-4-5-7-12/h12H,2-10H2,1H3. The molecule has 0 fully saturated rings. The SMILES string of the molecule is CCCCOC(=O)COCCCCCO. The Morgan fingerprint density at radius 1 is 1.13 bits per heavy atom. The van der Waals surface area contributed by atoms with Gasteiger partial charge in [0.05, 0.1) is 6.61 Å². The Bertz CT molecular complexity index is 148. The van der Waals surface area contributed by atoms with Crippen molar-refractivity contribution < 1.29 is 19.4 Å². The zero-order valence-electron chi connectivity index (χ0n) is 9.54. The molecule has 1 N–H and O–H groups in total. The van der Waals surface area contributed by atoms with Gasteiger partial charge in [0.25, 0.3) is 0 Å². The average molecular weight is 218 g/mol. The first-order valence-corrected chi connectivity index (χ1v) is 5.65. The van der Waals surface area contributed by atoms with E-state index in [1.807, 2.05) is 6.92 Å². The number of unbranched alkanes of at least 4 members (excludes halogenated alkanes) is 3. The van der Waals surface area contributed by atoms with E-state index in [1.165, 1.54) is 0 Å². The van der Waals surface area contributed by atoms with Crippen LogP contribution >= 0.6 is 0 Å². The number of aliphatic hydroxyl groups excluding tert-OH is 1. The minimum Gasteiger partial charge on any atom is -0.464 e. The third-order valence-electron chi connectivity index (χ3n) is 1.93. The van der Waals surface area contributed by atoms with E-state index in [0.717, 1.165) is 32.1 Å². The molecule has 0 aliphatic carbocycles. The number of carbonyl (C=O) groups excluding carboxylic acids is 1. The summed E-state index contributed by atoms with van der Waals surface area (Å²) in [6, 6.07) is 0. The van der Waals surface area contributed by atoms with E-state index in [0.29, 0.717) is 13.2 Å². The Labute approximate surface area is 91.6 Å². The lowest BCUT2D eigenvalue weighted by atomic mass is 10.2. The van der Waals surface area contributed by atoms with Gasteiger partial charge in [0.1, 0.15) is 6.61 Å². The van der Waals surface area contributed by atoms with Crippen molar-refractivity contribution in [1.82, 2.24) is 0 Å². The average Bonchev–Trinajstić information content (AvgIpc) is 2.23. The minimum absolute atomic E-state index is 0.0445. The van der Waals surface area contributed by atoms with Crippen molar-refractivity contribution >= 4 is 5.97 Å². The van der Waals surface area contributed by atoms with Gasteiger partial charge in [-0.2, -0.15) is 0 Å². The molecule has 0 radical (unpaired) electrons. The van der Waals surface area contributed by atoms with Gasteiger partial charge in [-0.3, -0.25) is 0 Å². The van der Waals surface area contributed by atoms with Crippen molar-refractivity contribution in [3.63, 3.8) is 0 Å². The number of aliphatic hydroxyl groups is 1. The largest absolute Gasteiger partial charge is 0.464 e. The second-order valence-electron chi connectivity index (χ2n) is 3.41. The van der Waals surface area contributed by atoms with Gasteiger partial charge in [-0.25, -0.2) is 4.79 Å². The van der Waals surface area contributed by atoms with E-state index >= 15 is 0 Å². The Morgan fingerprint density at radius 3 is 2.60 bits per heavy atom. The summed E-state index contributed by atoms with van der Waals surface area (Å²) < 4.78 is 10.0. The van der Waals surface area contributed by atoms with E-state index in [4.69, 9.17) is 14.6 Å². The monoisotopic (exact) mass is 218 g/mol. The van der Waals surface area contributed by atoms with Crippen molar-refractivity contribution in [1.29, 1.82) is 0 Å². The summed E-state index contributed by atoms with van der Waals surface area (Å²) in [7, 11) is 0. The molecule has 0 aromatic heterocycles. The Hall–Kier alpha value is -0.610. The zero-order chi connectivity index (χ0) is 11.4. The Morgan fingerprint density at radius 2 is 1.93 bits per heavy atom. The van der Waals surface area contributed by atoms with Crippen LogP contribution in [0.5, 0.6) is 0 Å². The van der Waals surface area contributed by atoms with Crippen LogP contribution in [0.1, 0.15) is 39.0 Å². The maximum absolute atomic E-state index is 11.0. The fourth-order valence-electron chi connectivity index (χ4n) is 1.02. The van der Waals surface area contributed by atoms with E-state index in [1.54, 1.807) is 0 Å². The summed E-state index contributed by atoms with van der Waals surface area (Å²) in [5.41, 5.74) is 0. The van der Waals surface area contributed by atoms with Gasteiger partial charge in [0, 0.05) is 13.2 Å². The van der Waals surface area contributed by atoms with Gasteiger partial charge in [0.15, 0.2) is 0 Å². The summed E-state index contributed by atoms with van der Waals surface area (Å²) in [6.45, 7) is 3.36. The van der Waals surface area contributed by atoms with E-state index in [-0.39, 0.29) is 19.2 Å². The Kier molecular flexibility index (Phi) is 11.0.